The minimum atomic E-state index is -0.973. The second-order valence-corrected chi connectivity index (χ2v) is 6.17. The van der Waals surface area contributed by atoms with Gasteiger partial charge in [0, 0.05) is 0 Å². The van der Waals surface area contributed by atoms with E-state index < -0.39 is 17.4 Å². The monoisotopic (exact) mass is 319 g/mol. The summed E-state index contributed by atoms with van der Waals surface area (Å²) in [5.41, 5.74) is 0.267. The summed E-state index contributed by atoms with van der Waals surface area (Å²) in [6, 6.07) is 6.73. The molecular formula is C18H25NO4. The molecule has 1 saturated carbocycles. The molecule has 5 heteroatoms. The Balaban J connectivity index is 2.29. The number of hydrogen-bond acceptors (Lipinski definition) is 3. The summed E-state index contributed by atoms with van der Waals surface area (Å²) in [4.78, 5) is 24.3. The van der Waals surface area contributed by atoms with Crippen molar-refractivity contribution in [3.05, 3.63) is 29.8 Å². The molecular weight excluding hydrogens is 294 g/mol. The van der Waals surface area contributed by atoms with Crippen molar-refractivity contribution in [2.75, 3.05) is 7.11 Å². The second kappa shape index (κ2) is 7.49. The van der Waals surface area contributed by atoms with E-state index in [0.29, 0.717) is 18.6 Å². The largest absolute Gasteiger partial charge is 0.497 e. The lowest BCUT2D eigenvalue weighted by atomic mass is 9.77. The van der Waals surface area contributed by atoms with Crippen LogP contribution in [0.1, 0.15) is 51.0 Å². The van der Waals surface area contributed by atoms with E-state index in [9.17, 15) is 14.7 Å². The van der Waals surface area contributed by atoms with Crippen molar-refractivity contribution in [1.82, 2.24) is 5.32 Å². The Hall–Kier alpha value is -2.04. The van der Waals surface area contributed by atoms with Crippen molar-refractivity contribution in [2.24, 2.45) is 0 Å². The molecule has 2 rings (SSSR count). The SMILES string of the molecule is CCCC(NC(=O)C1(c2cccc(OC)c2)CCCC1)C(=O)O. The number of nitrogens with one attached hydrogen (secondary N) is 1. The normalized spacial score (nSPS) is 17.5. The minimum Gasteiger partial charge on any atom is -0.497 e. The van der Waals surface area contributed by atoms with Gasteiger partial charge in [-0.3, -0.25) is 4.79 Å². The molecule has 23 heavy (non-hydrogen) atoms. The molecule has 5 nitrogen and oxygen atoms in total. The molecule has 0 aromatic heterocycles. The van der Waals surface area contributed by atoms with Crippen LogP contribution >= 0.6 is 0 Å². The fourth-order valence-corrected chi connectivity index (χ4v) is 3.39. The fraction of sp³-hybridized carbons (Fsp3) is 0.556. The number of hydrogen-bond donors (Lipinski definition) is 2. The van der Waals surface area contributed by atoms with Crippen molar-refractivity contribution in [3.8, 4) is 5.75 Å². The molecule has 126 valence electrons. The first-order chi connectivity index (χ1) is 11.0. The first-order valence-electron chi connectivity index (χ1n) is 8.22. The van der Waals surface area contributed by atoms with Gasteiger partial charge in [-0.1, -0.05) is 38.3 Å². The highest BCUT2D eigenvalue weighted by molar-refractivity contribution is 5.91. The van der Waals surface area contributed by atoms with E-state index in [4.69, 9.17) is 4.74 Å². The van der Waals surface area contributed by atoms with E-state index in [1.807, 2.05) is 31.2 Å². The molecule has 1 atom stereocenters. The predicted molar refractivity (Wildman–Crippen MR) is 87.6 cm³/mol. The van der Waals surface area contributed by atoms with Crippen molar-refractivity contribution < 1.29 is 19.4 Å². The number of carbonyl (C=O) groups excluding carboxylic acids is 1. The van der Waals surface area contributed by atoms with Gasteiger partial charge in [-0.25, -0.2) is 4.79 Å². The van der Waals surface area contributed by atoms with Gasteiger partial charge >= 0.3 is 5.97 Å². The van der Waals surface area contributed by atoms with Crippen LogP contribution in [-0.4, -0.2) is 30.1 Å². The van der Waals surface area contributed by atoms with E-state index in [2.05, 4.69) is 5.32 Å². The Labute approximate surface area is 137 Å². The van der Waals surface area contributed by atoms with Crippen LogP contribution in [0, 0.1) is 0 Å². The summed E-state index contributed by atoms with van der Waals surface area (Å²) in [5.74, 6) is -0.437. The number of ether oxygens (including phenoxy) is 1. The molecule has 0 spiro atoms. The maximum atomic E-state index is 12.9. The molecule has 2 N–H and O–H groups in total. The van der Waals surface area contributed by atoms with E-state index in [1.165, 1.54) is 0 Å². The van der Waals surface area contributed by atoms with E-state index in [-0.39, 0.29) is 5.91 Å². The van der Waals surface area contributed by atoms with E-state index >= 15 is 0 Å². The topological polar surface area (TPSA) is 75.6 Å². The van der Waals surface area contributed by atoms with Crippen LogP contribution in [0.3, 0.4) is 0 Å². The number of aliphatic carboxylic acids is 1. The molecule has 1 aliphatic carbocycles. The molecule has 1 amide bonds. The molecule has 1 aromatic carbocycles. The number of carboxylic acids is 1. The molecule has 0 bridgehead atoms. The molecule has 1 aliphatic rings. The lowest BCUT2D eigenvalue weighted by Gasteiger charge is -2.30. The number of carboxylic acid groups (broad SMARTS) is 1. The van der Waals surface area contributed by atoms with Crippen LogP contribution in [0.5, 0.6) is 5.75 Å². The number of rotatable bonds is 7. The van der Waals surface area contributed by atoms with Gasteiger partial charge in [0.05, 0.1) is 12.5 Å². The number of amides is 1. The van der Waals surface area contributed by atoms with Crippen molar-refractivity contribution in [3.63, 3.8) is 0 Å². The smallest absolute Gasteiger partial charge is 0.326 e. The van der Waals surface area contributed by atoms with E-state index in [0.717, 1.165) is 31.2 Å². The Bertz CT molecular complexity index is 564. The molecule has 1 fully saturated rings. The van der Waals surface area contributed by atoms with Gasteiger partial charge in [-0.15, -0.1) is 0 Å². The maximum absolute atomic E-state index is 12.9. The molecule has 1 unspecified atom stereocenters. The highest BCUT2D eigenvalue weighted by Gasteiger charge is 2.43. The first kappa shape index (κ1) is 17.3. The Morgan fingerprint density at radius 1 is 1.35 bits per heavy atom. The number of benzene rings is 1. The van der Waals surface area contributed by atoms with Gasteiger partial charge < -0.3 is 15.2 Å². The average Bonchev–Trinajstić information content (AvgIpc) is 3.05. The zero-order valence-corrected chi connectivity index (χ0v) is 13.8. The maximum Gasteiger partial charge on any atom is 0.326 e. The lowest BCUT2D eigenvalue weighted by Crippen LogP contribution is -2.49. The van der Waals surface area contributed by atoms with Gasteiger partial charge in [0.2, 0.25) is 5.91 Å². The molecule has 0 heterocycles. The van der Waals surface area contributed by atoms with Crippen molar-refractivity contribution in [2.45, 2.75) is 56.9 Å². The Kier molecular flexibility index (Phi) is 5.64. The van der Waals surface area contributed by atoms with Crippen LogP contribution in [0.25, 0.3) is 0 Å². The van der Waals surface area contributed by atoms with E-state index in [1.54, 1.807) is 7.11 Å². The second-order valence-electron chi connectivity index (χ2n) is 6.17. The quantitative estimate of drug-likeness (QED) is 0.810. The zero-order valence-electron chi connectivity index (χ0n) is 13.8. The zero-order chi connectivity index (χ0) is 16.9. The molecule has 0 radical (unpaired) electrons. The van der Waals surface area contributed by atoms with Gasteiger partial charge in [0.25, 0.3) is 0 Å². The molecule has 0 saturated heterocycles. The third kappa shape index (κ3) is 3.66. The predicted octanol–water partition coefficient (Wildman–Crippen LogP) is 2.88. The number of methoxy groups -OCH3 is 1. The van der Waals surface area contributed by atoms with Gasteiger partial charge in [-0.05, 0) is 37.0 Å². The molecule has 1 aromatic rings. The van der Waals surface area contributed by atoms with Crippen molar-refractivity contribution >= 4 is 11.9 Å². The highest BCUT2D eigenvalue weighted by Crippen LogP contribution is 2.42. The van der Waals surface area contributed by atoms with Gasteiger partial charge in [0.1, 0.15) is 11.8 Å². The average molecular weight is 319 g/mol. The summed E-state index contributed by atoms with van der Waals surface area (Å²) in [5, 5.41) is 12.1. The summed E-state index contributed by atoms with van der Waals surface area (Å²) in [7, 11) is 1.60. The third-order valence-electron chi connectivity index (χ3n) is 4.69. The fourth-order valence-electron chi connectivity index (χ4n) is 3.39. The first-order valence-corrected chi connectivity index (χ1v) is 8.22. The minimum absolute atomic E-state index is 0.177. The Morgan fingerprint density at radius 3 is 2.61 bits per heavy atom. The van der Waals surface area contributed by atoms with Crippen molar-refractivity contribution in [1.29, 1.82) is 0 Å². The van der Waals surface area contributed by atoms with Crippen LogP contribution in [0.15, 0.2) is 24.3 Å². The highest BCUT2D eigenvalue weighted by atomic mass is 16.5. The summed E-state index contributed by atoms with van der Waals surface area (Å²) in [6.07, 6.45) is 4.57. The van der Waals surface area contributed by atoms with Crippen LogP contribution in [-0.2, 0) is 15.0 Å². The van der Waals surface area contributed by atoms with Gasteiger partial charge in [-0.2, -0.15) is 0 Å². The summed E-state index contributed by atoms with van der Waals surface area (Å²) in [6.45, 7) is 1.91. The standard InChI is InChI=1S/C18H25NO4/c1-3-7-15(16(20)21)19-17(22)18(10-4-5-11-18)13-8-6-9-14(12-13)23-2/h6,8-9,12,15H,3-5,7,10-11H2,1-2H3,(H,19,22)(H,20,21). The lowest BCUT2D eigenvalue weighted by molar-refractivity contribution is -0.143. The Morgan fingerprint density at radius 2 is 2.04 bits per heavy atom. The molecule has 0 aliphatic heterocycles. The third-order valence-corrected chi connectivity index (χ3v) is 4.69. The summed E-state index contributed by atoms with van der Waals surface area (Å²) < 4.78 is 5.27. The summed E-state index contributed by atoms with van der Waals surface area (Å²) >= 11 is 0. The van der Waals surface area contributed by atoms with Crippen LogP contribution in [0.4, 0.5) is 0 Å². The van der Waals surface area contributed by atoms with Crippen LogP contribution in [0.2, 0.25) is 0 Å². The number of carbonyl (C=O) groups is 2. The van der Waals surface area contributed by atoms with Crippen LogP contribution < -0.4 is 10.1 Å². The van der Waals surface area contributed by atoms with Gasteiger partial charge in [0.15, 0.2) is 0 Å².